The molecule has 2 aromatic rings. The van der Waals surface area contributed by atoms with Crippen LogP contribution in [0.3, 0.4) is 0 Å². The molecule has 0 radical (unpaired) electrons. The van der Waals surface area contributed by atoms with E-state index in [-0.39, 0.29) is 5.69 Å². The van der Waals surface area contributed by atoms with Gasteiger partial charge in [-0.25, -0.2) is 19.4 Å². The Hall–Kier alpha value is -2.24. The fourth-order valence-electron chi connectivity index (χ4n) is 1.24. The van der Waals surface area contributed by atoms with Gasteiger partial charge in [0.15, 0.2) is 5.82 Å². The summed E-state index contributed by atoms with van der Waals surface area (Å²) in [4.78, 5) is 18.4. The van der Waals surface area contributed by atoms with E-state index in [2.05, 4.69) is 15.1 Å². The zero-order valence-corrected chi connectivity index (χ0v) is 7.95. The van der Waals surface area contributed by atoms with E-state index in [9.17, 15) is 4.79 Å². The van der Waals surface area contributed by atoms with Crippen molar-refractivity contribution in [1.82, 2.24) is 19.7 Å². The number of hydrogen-bond acceptors (Lipinski definition) is 4. The minimum Gasteiger partial charge on any atom is -0.477 e. The lowest BCUT2D eigenvalue weighted by Gasteiger charge is -2.00. The molecule has 2 aromatic heterocycles. The summed E-state index contributed by atoms with van der Waals surface area (Å²) in [5, 5.41) is 12.7. The van der Waals surface area contributed by atoms with Gasteiger partial charge in [0, 0.05) is 18.8 Å². The second-order valence-electron chi connectivity index (χ2n) is 2.94. The number of aryl methyl sites for hydroxylation is 1. The number of carboxylic acid groups (broad SMARTS) is 1. The Balaban J connectivity index is 2.50. The summed E-state index contributed by atoms with van der Waals surface area (Å²) in [5.41, 5.74) is 0.679. The van der Waals surface area contributed by atoms with Crippen LogP contribution in [0.5, 0.6) is 0 Å². The molecular weight excluding hydrogens is 196 g/mol. The van der Waals surface area contributed by atoms with Crippen molar-refractivity contribution in [3.05, 3.63) is 30.4 Å². The van der Waals surface area contributed by atoms with E-state index < -0.39 is 5.97 Å². The van der Waals surface area contributed by atoms with E-state index in [1.807, 2.05) is 0 Å². The lowest BCUT2D eigenvalue weighted by atomic mass is 10.2. The van der Waals surface area contributed by atoms with Gasteiger partial charge in [-0.3, -0.25) is 0 Å². The molecule has 0 bridgehead atoms. The third-order valence-electron chi connectivity index (χ3n) is 1.95. The zero-order valence-electron chi connectivity index (χ0n) is 7.95. The molecule has 0 saturated carbocycles. The highest BCUT2D eigenvalue weighted by Crippen LogP contribution is 2.15. The van der Waals surface area contributed by atoms with Crippen LogP contribution >= 0.6 is 0 Å². The summed E-state index contributed by atoms with van der Waals surface area (Å²) in [6, 6.07) is 3.16. The molecule has 6 heteroatoms. The number of aromatic nitrogens is 4. The lowest BCUT2D eigenvalue weighted by Crippen LogP contribution is -2.01. The summed E-state index contributed by atoms with van der Waals surface area (Å²) in [6.45, 7) is 0. The topological polar surface area (TPSA) is 80.9 Å². The van der Waals surface area contributed by atoms with Crippen molar-refractivity contribution in [2.24, 2.45) is 7.05 Å². The second-order valence-corrected chi connectivity index (χ2v) is 2.94. The SMILES string of the molecule is Cn1ncnc1-c1ccnc(C(=O)O)c1. The largest absolute Gasteiger partial charge is 0.477 e. The van der Waals surface area contributed by atoms with E-state index in [1.54, 1.807) is 17.8 Å². The molecule has 0 aromatic carbocycles. The van der Waals surface area contributed by atoms with E-state index in [0.29, 0.717) is 11.4 Å². The van der Waals surface area contributed by atoms with Crippen LogP contribution in [-0.2, 0) is 7.05 Å². The van der Waals surface area contributed by atoms with Crippen LogP contribution < -0.4 is 0 Å². The predicted molar refractivity (Wildman–Crippen MR) is 51.2 cm³/mol. The molecule has 2 rings (SSSR count). The maximum Gasteiger partial charge on any atom is 0.354 e. The number of aromatic carboxylic acids is 1. The highest BCUT2D eigenvalue weighted by Gasteiger charge is 2.09. The summed E-state index contributed by atoms with van der Waals surface area (Å²) in [5.74, 6) is -0.445. The molecule has 0 amide bonds. The predicted octanol–water partition coefficient (Wildman–Crippen LogP) is 0.575. The number of rotatable bonds is 2. The van der Waals surface area contributed by atoms with Crippen LogP contribution in [0.2, 0.25) is 0 Å². The molecule has 6 nitrogen and oxygen atoms in total. The fraction of sp³-hybridized carbons (Fsp3) is 0.111. The molecule has 0 unspecified atom stereocenters. The number of pyridine rings is 1. The molecule has 2 heterocycles. The first-order valence-electron chi connectivity index (χ1n) is 4.22. The van der Waals surface area contributed by atoms with Gasteiger partial charge in [0.2, 0.25) is 0 Å². The molecule has 0 atom stereocenters. The van der Waals surface area contributed by atoms with Crippen LogP contribution in [0.4, 0.5) is 0 Å². The van der Waals surface area contributed by atoms with Crippen molar-refractivity contribution >= 4 is 5.97 Å². The highest BCUT2D eigenvalue weighted by atomic mass is 16.4. The number of hydrogen-bond donors (Lipinski definition) is 1. The first kappa shape index (κ1) is 9.32. The minimum atomic E-state index is -1.06. The van der Waals surface area contributed by atoms with Crippen molar-refractivity contribution in [1.29, 1.82) is 0 Å². The first-order valence-corrected chi connectivity index (χ1v) is 4.22. The summed E-state index contributed by atoms with van der Waals surface area (Å²) < 4.78 is 1.57. The van der Waals surface area contributed by atoms with Gasteiger partial charge in [-0.05, 0) is 12.1 Å². The van der Waals surface area contributed by atoms with Crippen molar-refractivity contribution in [3.63, 3.8) is 0 Å². The van der Waals surface area contributed by atoms with Gasteiger partial charge in [-0.2, -0.15) is 5.10 Å². The Morgan fingerprint density at radius 1 is 1.47 bits per heavy atom. The molecule has 0 saturated heterocycles. The van der Waals surface area contributed by atoms with Gasteiger partial charge in [0.1, 0.15) is 12.0 Å². The van der Waals surface area contributed by atoms with Gasteiger partial charge in [-0.15, -0.1) is 0 Å². The van der Waals surface area contributed by atoms with Crippen molar-refractivity contribution in [2.75, 3.05) is 0 Å². The third kappa shape index (κ3) is 1.69. The Morgan fingerprint density at radius 3 is 2.87 bits per heavy atom. The monoisotopic (exact) mass is 204 g/mol. The fourth-order valence-corrected chi connectivity index (χ4v) is 1.24. The van der Waals surface area contributed by atoms with E-state index in [0.717, 1.165) is 0 Å². The average Bonchev–Trinajstić information content (AvgIpc) is 2.64. The molecule has 0 aliphatic heterocycles. The molecule has 0 fully saturated rings. The highest BCUT2D eigenvalue weighted by molar-refractivity contribution is 5.86. The molecule has 0 aliphatic carbocycles. The van der Waals surface area contributed by atoms with Crippen LogP contribution in [0.25, 0.3) is 11.4 Å². The van der Waals surface area contributed by atoms with Gasteiger partial charge in [0.05, 0.1) is 0 Å². The third-order valence-corrected chi connectivity index (χ3v) is 1.95. The minimum absolute atomic E-state index is 0.00417. The van der Waals surface area contributed by atoms with Gasteiger partial charge in [0.25, 0.3) is 0 Å². The average molecular weight is 204 g/mol. The van der Waals surface area contributed by atoms with Crippen molar-refractivity contribution in [3.8, 4) is 11.4 Å². The van der Waals surface area contributed by atoms with Crippen LogP contribution in [0.15, 0.2) is 24.7 Å². The van der Waals surface area contributed by atoms with Crippen LogP contribution in [0.1, 0.15) is 10.5 Å². The molecule has 0 aliphatic rings. The van der Waals surface area contributed by atoms with E-state index >= 15 is 0 Å². The molecule has 0 spiro atoms. The lowest BCUT2D eigenvalue weighted by molar-refractivity contribution is 0.0690. The Labute approximate surface area is 85.2 Å². The van der Waals surface area contributed by atoms with Crippen molar-refractivity contribution in [2.45, 2.75) is 0 Å². The van der Waals surface area contributed by atoms with Gasteiger partial charge < -0.3 is 5.11 Å². The summed E-state index contributed by atoms with van der Waals surface area (Å²) in [7, 11) is 1.74. The molecule has 15 heavy (non-hydrogen) atoms. The van der Waals surface area contributed by atoms with Gasteiger partial charge in [-0.1, -0.05) is 0 Å². The van der Waals surface area contributed by atoms with Crippen LogP contribution in [0, 0.1) is 0 Å². The molecular formula is C9H8N4O2. The van der Waals surface area contributed by atoms with Crippen LogP contribution in [-0.4, -0.2) is 30.8 Å². The number of nitrogens with zero attached hydrogens (tertiary/aromatic N) is 4. The molecule has 76 valence electrons. The van der Waals surface area contributed by atoms with Gasteiger partial charge >= 0.3 is 5.97 Å². The van der Waals surface area contributed by atoms with E-state index in [4.69, 9.17) is 5.11 Å². The quantitative estimate of drug-likeness (QED) is 0.773. The number of carbonyl (C=O) groups is 1. The zero-order chi connectivity index (χ0) is 10.8. The maximum atomic E-state index is 10.7. The van der Waals surface area contributed by atoms with Crippen molar-refractivity contribution < 1.29 is 9.90 Å². The standard InChI is InChI=1S/C9H8N4O2/c1-13-8(11-5-12-13)6-2-3-10-7(4-6)9(14)15/h2-5H,1H3,(H,14,15). The van der Waals surface area contributed by atoms with E-state index in [1.165, 1.54) is 18.6 Å². The Morgan fingerprint density at radius 2 is 2.27 bits per heavy atom. The maximum absolute atomic E-state index is 10.7. The molecule has 1 N–H and O–H groups in total. The Bertz CT molecular complexity index is 506. The second kappa shape index (κ2) is 3.49. The smallest absolute Gasteiger partial charge is 0.354 e. The summed E-state index contributed by atoms with van der Waals surface area (Å²) >= 11 is 0. The summed E-state index contributed by atoms with van der Waals surface area (Å²) in [6.07, 6.45) is 2.85. The first-order chi connectivity index (χ1) is 7.18. The normalized spacial score (nSPS) is 10.2. The Kier molecular flexibility index (Phi) is 2.17. The number of carboxylic acids is 1.